The van der Waals surface area contributed by atoms with Gasteiger partial charge in [0.05, 0.1) is 78.8 Å². The second-order valence-corrected chi connectivity index (χ2v) is 35.7. The molecule has 0 aromatic heterocycles. The van der Waals surface area contributed by atoms with E-state index in [4.69, 9.17) is 99.5 Å². The van der Waals surface area contributed by atoms with E-state index >= 15 is 0 Å². The van der Waals surface area contributed by atoms with Gasteiger partial charge in [-0.2, -0.15) is 0 Å². The summed E-state index contributed by atoms with van der Waals surface area (Å²) < 4.78 is 136. The highest BCUT2D eigenvalue weighted by atomic mass is 31.2. The molecule has 11 aliphatic rings. The van der Waals surface area contributed by atoms with E-state index in [2.05, 4.69) is 4.52 Å². The van der Waals surface area contributed by atoms with E-state index in [1.807, 2.05) is 0 Å². The summed E-state index contributed by atoms with van der Waals surface area (Å²) in [6.45, 7) is -13.7. The third kappa shape index (κ3) is 25.2. The van der Waals surface area contributed by atoms with Crippen molar-refractivity contribution in [2.75, 3.05) is 72.7 Å². The van der Waals surface area contributed by atoms with Gasteiger partial charge in [-0.25, -0.2) is 9.36 Å². The fourth-order valence-electron chi connectivity index (χ4n) is 17.1. The van der Waals surface area contributed by atoms with Gasteiger partial charge in [0.15, 0.2) is 62.9 Å². The van der Waals surface area contributed by atoms with Crippen LogP contribution in [0.2, 0.25) is 0 Å². The number of aliphatic carboxylic acids is 1. The zero-order chi connectivity index (χ0) is 102. The molecule has 0 saturated carbocycles. The van der Waals surface area contributed by atoms with Crippen LogP contribution < -0.4 is 0 Å². The van der Waals surface area contributed by atoms with Crippen LogP contribution in [0.15, 0.2) is 0 Å². The van der Waals surface area contributed by atoms with Crippen LogP contribution >= 0.6 is 7.82 Å². The first-order chi connectivity index (χ1) is 64.9. The molecule has 0 radical (unpaired) electrons. The fourth-order valence-corrected chi connectivity index (χ4v) is 17.4. The quantitative estimate of drug-likeness (QED) is 0.0254. The van der Waals surface area contributed by atoms with Gasteiger partial charge >= 0.3 is 13.8 Å². The summed E-state index contributed by atoms with van der Waals surface area (Å²) in [7, 11) is -5.65. The summed E-state index contributed by atoms with van der Waals surface area (Å²) in [5, 5.41) is 433. The van der Waals surface area contributed by atoms with E-state index < -0.39 is 455 Å². The van der Waals surface area contributed by atoms with Crippen LogP contribution in [-0.2, 0) is 113 Å². The van der Waals surface area contributed by atoms with Crippen molar-refractivity contribution in [2.45, 2.75) is 368 Å². The maximum atomic E-state index is 12.6. The Balaban J connectivity index is 0.909. The molecule has 0 spiro atoms. The first-order valence-electron chi connectivity index (χ1n) is 42.9. The lowest BCUT2D eigenvalue weighted by Gasteiger charge is -2.52. The summed E-state index contributed by atoms with van der Waals surface area (Å²) in [4.78, 5) is 31.5. The van der Waals surface area contributed by atoms with Crippen LogP contribution in [0.3, 0.4) is 0 Å². The van der Waals surface area contributed by atoms with Gasteiger partial charge in [0.25, 0.3) is 5.79 Å². The van der Waals surface area contributed by atoms with E-state index in [-0.39, 0.29) is 0 Å². The zero-order valence-corrected chi connectivity index (χ0v) is 72.4. The Kier molecular flexibility index (Phi) is 41.1. The van der Waals surface area contributed by atoms with Crippen molar-refractivity contribution in [3.05, 3.63) is 0 Å². The first-order valence-corrected chi connectivity index (χ1v) is 44.4. The minimum absolute atomic E-state index is 0.915. The number of aliphatic hydroxyl groups is 38. The summed E-state index contributed by atoms with van der Waals surface area (Å²) >= 11 is 0. The Morgan fingerprint density at radius 2 is 0.565 bits per heavy atom. The number of carboxylic acids is 1. The molecule has 11 heterocycles. The van der Waals surface area contributed by atoms with E-state index in [1.165, 1.54) is 0 Å². The molecular formula is C72H123O65P. The average Bonchev–Trinajstić information content (AvgIpc) is 0.793. The number of carbonyl (C=O) groups is 1. The van der Waals surface area contributed by atoms with Crippen LogP contribution in [0.1, 0.15) is 6.42 Å². The van der Waals surface area contributed by atoms with E-state index in [9.17, 15) is 218 Å². The van der Waals surface area contributed by atoms with Crippen LogP contribution in [0.4, 0.5) is 0 Å². The normalized spacial score (nSPS) is 50.2. The standard InChI is InChI=1S/C72H123O65P/c73-2-14(81)49-35(96)38(99)59(68(127-49)133-57-46(107)52(18(85)10-119-138(113,114)115)126-67(48(57)109)130-53-13(80)1-72(112,71(110)111)137-54(53)16(83)4-75)135-70-60(39(100)36(97)51(129-70)17(84)9-116-63-45(106)40(101)55(22(8-79)123-63)131-66-47(108)56(29(90)21(7-78)122-66)132-64-43(104)31(92)26(87)20(6-77)121-64)136-69-58(37(98)34(95)50(128-69)15(82)3-74)134-65-44(105)33(94)28(89)24(125-65)12-118-62-42(103)32(93)27(88)23(124-62)11-117-61-41(102)30(91)25(86)19(5-76)120-61/h13-70,73-109,112H,1-12H2,(H,110,111)(H2,113,114,115)/t13-,14+,15-,16-,17-,18+,19-,20-,21-,22-,23-,24-,25-,26-,27-,28-,29-,30+,31+,32+,33+,34+,35+,36+,37+,38+,39+,40-,41-,42-,43-,44-,45-,46-,47-,48+,49-,50-,51-,52-,53-,54-,55+,56+,57+,58+,59+,60+,61+,62+,63-,64-,65-,66-,67-,68-,69-,70-,72?/m1/s1. The summed E-state index contributed by atoms with van der Waals surface area (Å²) in [6.07, 6.45) is -140. The predicted octanol–water partition coefficient (Wildman–Crippen LogP) is -27.6. The van der Waals surface area contributed by atoms with E-state index in [0.29, 0.717) is 0 Å². The minimum Gasteiger partial charge on any atom is -0.477 e. The van der Waals surface area contributed by atoms with Crippen molar-refractivity contribution in [1.82, 2.24) is 0 Å². The van der Waals surface area contributed by atoms with Crippen molar-refractivity contribution in [1.29, 1.82) is 0 Å². The van der Waals surface area contributed by atoms with Gasteiger partial charge in [-0.05, 0) is 0 Å². The maximum absolute atomic E-state index is 12.6. The molecule has 0 aromatic carbocycles. The van der Waals surface area contributed by atoms with Gasteiger partial charge < -0.3 is 308 Å². The lowest BCUT2D eigenvalue weighted by Crippen LogP contribution is -2.70. The molecule has 11 saturated heterocycles. The Morgan fingerprint density at radius 1 is 0.283 bits per heavy atom. The van der Waals surface area contributed by atoms with Gasteiger partial charge in [0, 0.05) is 6.42 Å². The molecule has 11 rings (SSSR count). The van der Waals surface area contributed by atoms with Crippen molar-refractivity contribution in [3.8, 4) is 0 Å². The van der Waals surface area contributed by atoms with Gasteiger partial charge in [0.1, 0.15) is 287 Å². The number of phosphoric acid groups is 1. The fraction of sp³-hybridized carbons (Fsp3) is 0.986. The van der Waals surface area contributed by atoms with Gasteiger partial charge in [0.2, 0.25) is 0 Å². The minimum atomic E-state index is -5.65. The number of hydrogen-bond donors (Lipinski definition) is 41. The monoisotopic (exact) mass is 2060 g/mol. The van der Waals surface area contributed by atoms with Gasteiger partial charge in [-0.3, -0.25) is 4.52 Å². The number of ether oxygens (including phenoxy) is 21. The summed E-state index contributed by atoms with van der Waals surface area (Å²) in [6, 6.07) is 0. The highest BCUT2D eigenvalue weighted by Crippen LogP contribution is 2.44. The molecule has 0 aliphatic carbocycles. The molecule has 1 unspecified atom stereocenters. The van der Waals surface area contributed by atoms with Crippen LogP contribution in [0, 0.1) is 0 Å². The van der Waals surface area contributed by atoms with E-state index in [0.717, 1.165) is 0 Å². The number of hydrogen-bond acceptors (Lipinski definition) is 62. The molecule has 41 N–H and O–H groups in total. The smallest absolute Gasteiger partial charge is 0.469 e. The molecule has 0 amide bonds. The second-order valence-electron chi connectivity index (χ2n) is 34.5. The summed E-state index contributed by atoms with van der Waals surface area (Å²) in [5.74, 6) is -5.61. The Labute approximate surface area is 774 Å². The Bertz CT molecular complexity index is 3730. The first kappa shape index (κ1) is 116. The van der Waals surface area contributed by atoms with Crippen LogP contribution in [-0.4, -0.2) is 649 Å². The van der Waals surface area contributed by atoms with Gasteiger partial charge in [-0.15, -0.1) is 0 Å². The third-order valence-corrected chi connectivity index (χ3v) is 25.5. The Hall–Kier alpha value is -2.78. The Morgan fingerprint density at radius 3 is 0.986 bits per heavy atom. The van der Waals surface area contributed by atoms with Crippen LogP contribution in [0.5, 0.6) is 0 Å². The SMILES string of the molecule is O=C(O)C1(O)C[C@@H](O)[C@@H](O[C@H]2O[C@H]([C@@H](O)COP(=O)(O)O)[C@@H](O)[C@H](O[C@H]3O[C@H]([C@@H](O)CO)[C@@H](O)[C@H](O)[C@@H]3O[C@H]3O[C@H]([C@H](O)CO[C@@H]4O[C@H](CO)[C@H](O[C@H]5O[C@H](CO)[C@@H](O)[C@H](O[C@H]6O[C@H](CO)[C@@H](O)[C@H](O)[C@H]6O)[C@H]5O)[C@H](O)[C@H]4O)[C@@H](O)[C@H](O)[C@@H]3O[C@H]3O[C@H]([C@H](O)CO)[C@@H](O)[C@H](O)[C@@H]3O[C@H]3O[C@H](CO[C@H]4O[C@H](CO[C@H]5O[C@H](CO)[C@@H](O)[C@H](O)[C@H]5O)[C@@H](O)[C@H](O)[C@H]4O)[C@@H](O)[C@H](O)[C@H]3O)[C@@H]2O)[C@@H]([C@H](O)CO)O1. The topological polar surface area (TPSA) is 1070 Å². The van der Waals surface area contributed by atoms with Crippen molar-refractivity contribution < 1.29 is 322 Å². The highest BCUT2D eigenvalue weighted by Gasteiger charge is 2.64. The number of rotatable bonds is 39. The maximum Gasteiger partial charge on any atom is 0.469 e. The molecule has 806 valence electrons. The lowest BCUT2D eigenvalue weighted by atomic mass is 9.91. The zero-order valence-electron chi connectivity index (χ0n) is 71.6. The lowest BCUT2D eigenvalue weighted by molar-refractivity contribution is -0.419. The third-order valence-electron chi connectivity index (χ3n) is 25.0. The van der Waals surface area contributed by atoms with Gasteiger partial charge in [-0.1, -0.05) is 0 Å². The van der Waals surface area contributed by atoms with Crippen molar-refractivity contribution >= 4 is 13.8 Å². The summed E-state index contributed by atoms with van der Waals surface area (Å²) in [5.41, 5.74) is 0. The number of aliphatic hydroxyl groups excluding tert-OH is 37. The second kappa shape index (κ2) is 49.1. The molecule has 65 nitrogen and oxygen atoms in total. The molecule has 0 bridgehead atoms. The number of carboxylic acid groups (broad SMARTS) is 1. The molecule has 11 fully saturated rings. The highest BCUT2D eigenvalue weighted by molar-refractivity contribution is 7.46. The molecule has 0 aromatic rings. The predicted molar refractivity (Wildman–Crippen MR) is 408 cm³/mol. The number of phosphoric ester groups is 1. The molecule has 66 heteroatoms. The molecule has 11 aliphatic heterocycles. The van der Waals surface area contributed by atoms with E-state index in [1.54, 1.807) is 0 Å². The van der Waals surface area contributed by atoms with Crippen molar-refractivity contribution in [3.63, 3.8) is 0 Å². The van der Waals surface area contributed by atoms with Crippen molar-refractivity contribution in [2.24, 2.45) is 0 Å². The average molecular weight is 2060 g/mol. The largest absolute Gasteiger partial charge is 0.477 e. The van der Waals surface area contributed by atoms with Crippen LogP contribution in [0.25, 0.3) is 0 Å². The molecular weight excluding hydrogens is 1940 g/mol. The molecule has 59 atom stereocenters. The molecule has 138 heavy (non-hydrogen) atoms.